The molecule has 0 aromatic heterocycles. The van der Waals surface area contributed by atoms with Crippen LogP contribution in [0.2, 0.25) is 0 Å². The fourth-order valence-corrected chi connectivity index (χ4v) is 9.11. The van der Waals surface area contributed by atoms with Gasteiger partial charge in [0, 0.05) is 152 Å². The normalized spacial score (nSPS) is 15.2. The van der Waals surface area contributed by atoms with Gasteiger partial charge < -0.3 is 62.3 Å². The highest BCUT2D eigenvalue weighted by Gasteiger charge is 2.39. The van der Waals surface area contributed by atoms with E-state index in [-0.39, 0.29) is 161 Å². The predicted molar refractivity (Wildman–Crippen MR) is 329 cm³/mol. The van der Waals surface area contributed by atoms with Crippen LogP contribution in [0.1, 0.15) is 130 Å². The van der Waals surface area contributed by atoms with Crippen LogP contribution in [0.25, 0.3) is 0 Å². The number of carbonyl (C=O) groups excluding carboxylic acids is 18. The molecule has 0 aromatic rings. The van der Waals surface area contributed by atoms with Gasteiger partial charge >= 0.3 is 17.9 Å². The number of carboxylic acids is 2. The van der Waals surface area contributed by atoms with Crippen LogP contribution >= 0.6 is 0 Å². The summed E-state index contributed by atoms with van der Waals surface area (Å²) in [7, 11) is 0. The second-order valence-electron chi connectivity index (χ2n) is 22.9. The number of hydrogen-bond acceptors (Lipinski definition) is 21. The molecular weight excluding hydrogens is 1270 g/mol. The summed E-state index contributed by atoms with van der Waals surface area (Å²) in [6.07, 6.45) is 7.67. The van der Waals surface area contributed by atoms with Gasteiger partial charge in [-0.1, -0.05) is 0 Å². The standard InChI is InChI=1S/C33H46N6O11.C28H36N6O12/c1-21(40)9-5-17-34-31(48)29(36-22(41)10-7-19-38-24(43)13-14-25(38)44)30(32(49)35-18-6-12-28(47)50-33(2,3)4)37-23(42)11-8-20-39-26(45)15-16-27(39)46;35-17(5-3-15-33-19(37)9-10-20(33)38)31-25(27(45)29-13-1-7-23(41)42)26(28(46)30-14-2-8-24(43)44)32-18(36)6-4-16-34-21(39)11-12-22(34)40/h13-16,29-30H,5-12,17-20H2,1-4H3,(H,34,48)(H,35,49)(H,36,41)(H,37,42);9-12,25-26H,1-8,13-16H2,(H,29,45)(H,30,46)(H,31,35)(H,32,36)(H,41,42)(H,43,44)/t29-,30+;25-,26+/m1./s1. The average Bonchev–Trinajstić information content (AvgIpc) is 1.31. The van der Waals surface area contributed by atoms with Gasteiger partial charge in [0.2, 0.25) is 47.3 Å². The van der Waals surface area contributed by atoms with Gasteiger partial charge in [-0.2, -0.15) is 0 Å². The molecule has 0 saturated heterocycles. The van der Waals surface area contributed by atoms with Gasteiger partial charge in [0.25, 0.3) is 47.3 Å². The molecule has 0 radical (unpaired) electrons. The Morgan fingerprint density at radius 2 is 0.573 bits per heavy atom. The van der Waals surface area contributed by atoms with Gasteiger partial charge in [-0.15, -0.1) is 0 Å². The summed E-state index contributed by atoms with van der Waals surface area (Å²) in [6, 6.07) is -6.78. The number of esters is 1. The van der Waals surface area contributed by atoms with Gasteiger partial charge in [-0.25, -0.2) is 0 Å². The Morgan fingerprint density at radius 1 is 0.354 bits per heavy atom. The van der Waals surface area contributed by atoms with Gasteiger partial charge in [0.1, 0.15) is 35.6 Å². The summed E-state index contributed by atoms with van der Waals surface area (Å²) >= 11 is 0. The maximum atomic E-state index is 13.5. The number of hydrogen-bond donors (Lipinski definition) is 10. The quantitative estimate of drug-likeness (QED) is 0.0160. The summed E-state index contributed by atoms with van der Waals surface area (Å²) in [5.41, 5.74) is -0.707. The lowest BCUT2D eigenvalue weighted by atomic mass is 10.0. The van der Waals surface area contributed by atoms with Crippen molar-refractivity contribution in [2.75, 3.05) is 52.4 Å². The van der Waals surface area contributed by atoms with Gasteiger partial charge in [-0.3, -0.25) is 111 Å². The number of rotatable bonds is 42. The Morgan fingerprint density at radius 3 is 0.781 bits per heavy atom. The number of amides is 16. The highest BCUT2D eigenvalue weighted by atomic mass is 16.6. The topological polar surface area (TPSA) is 500 Å². The van der Waals surface area contributed by atoms with Crippen molar-refractivity contribution in [2.45, 2.75) is 160 Å². The van der Waals surface area contributed by atoms with Crippen molar-refractivity contribution < 1.29 is 111 Å². The van der Waals surface area contributed by atoms with E-state index in [1.54, 1.807) is 20.8 Å². The number of Topliss-reactive ketones (excluding diaryl/α,β-unsaturated/α-hetero) is 1. The first kappa shape index (κ1) is 79.6. The molecule has 10 N–H and O–H groups in total. The van der Waals surface area contributed by atoms with Crippen molar-refractivity contribution in [3.05, 3.63) is 48.6 Å². The molecule has 0 fully saturated rings. The van der Waals surface area contributed by atoms with E-state index in [0.717, 1.165) is 68.2 Å². The van der Waals surface area contributed by atoms with E-state index in [1.165, 1.54) is 6.92 Å². The summed E-state index contributed by atoms with van der Waals surface area (Å²) in [4.78, 5) is 249. The lowest BCUT2D eigenvalue weighted by Crippen LogP contribution is -2.63. The Kier molecular flexibility index (Phi) is 33.6. The van der Waals surface area contributed by atoms with Crippen molar-refractivity contribution in [2.24, 2.45) is 0 Å². The zero-order chi connectivity index (χ0) is 71.7. The number of carboxylic acid groups (broad SMARTS) is 2. The van der Waals surface area contributed by atoms with Crippen LogP contribution in [0.5, 0.6) is 0 Å². The lowest BCUT2D eigenvalue weighted by Gasteiger charge is -2.28. The Labute approximate surface area is 550 Å². The number of imide groups is 4. The van der Waals surface area contributed by atoms with Crippen LogP contribution in [0.3, 0.4) is 0 Å². The Hall–Kier alpha value is -10.6. The summed E-state index contributed by atoms with van der Waals surface area (Å²) in [6.45, 7) is 5.80. The fraction of sp³-hybridized carbons (Fsp3) is 0.541. The number of carbonyl (C=O) groups is 20. The van der Waals surface area contributed by atoms with Gasteiger partial charge in [-0.05, 0) is 79.1 Å². The van der Waals surface area contributed by atoms with E-state index >= 15 is 0 Å². The highest BCUT2D eigenvalue weighted by molar-refractivity contribution is 6.15. The number of nitrogens with one attached hydrogen (secondary N) is 8. The van der Waals surface area contributed by atoms with E-state index in [9.17, 15) is 95.9 Å². The molecule has 0 aliphatic carbocycles. The summed E-state index contributed by atoms with van der Waals surface area (Å²) in [5, 5.41) is 37.4. The predicted octanol–water partition coefficient (Wildman–Crippen LogP) is -3.58. The molecule has 0 aromatic carbocycles. The monoisotopic (exact) mass is 1350 g/mol. The first-order valence-electron chi connectivity index (χ1n) is 30.9. The molecule has 96 heavy (non-hydrogen) atoms. The molecule has 4 aliphatic heterocycles. The molecule has 524 valence electrons. The van der Waals surface area contributed by atoms with Crippen LogP contribution in [0.15, 0.2) is 48.6 Å². The minimum Gasteiger partial charge on any atom is -0.481 e. The number of ketones is 1. The molecular formula is C61H82N12O23. The second kappa shape index (κ2) is 40.5. The lowest BCUT2D eigenvalue weighted by molar-refractivity contribution is -0.155. The third kappa shape index (κ3) is 29.5. The van der Waals surface area contributed by atoms with E-state index in [0.29, 0.717) is 0 Å². The smallest absolute Gasteiger partial charge is 0.306 e. The largest absolute Gasteiger partial charge is 0.481 e. The minimum absolute atomic E-state index is 0.000841. The Bertz CT molecular complexity index is 2960. The van der Waals surface area contributed by atoms with Crippen molar-refractivity contribution >= 4 is 118 Å². The van der Waals surface area contributed by atoms with Gasteiger partial charge in [0.05, 0.1) is 0 Å². The van der Waals surface area contributed by atoms with Crippen molar-refractivity contribution in [3.63, 3.8) is 0 Å². The summed E-state index contributed by atoms with van der Waals surface area (Å²) < 4.78 is 5.26. The Balaban J connectivity index is 0.000000502. The first-order chi connectivity index (χ1) is 45.3. The van der Waals surface area contributed by atoms with E-state index in [1.807, 2.05) is 0 Å². The SMILES string of the molecule is CC(=O)CCCNC(=O)[C@H](NC(=O)CCCN1C(=O)C=CC1=O)[C@H](NC(=O)CCCN1C(=O)C=CC1=O)C(=O)NCCCC(=O)OC(C)(C)C.O=C(O)CCCNC(=O)[C@@H](NC(=O)CCCN1C(=O)C=CC1=O)[C@@H](NC(=O)CCCN1C(=O)C=CC1=O)C(=O)NCCCC(=O)O. The van der Waals surface area contributed by atoms with Crippen molar-refractivity contribution in [1.29, 1.82) is 0 Å². The molecule has 4 atom stereocenters. The molecule has 0 bridgehead atoms. The third-order valence-electron chi connectivity index (χ3n) is 13.8. The molecule has 4 heterocycles. The molecule has 0 unspecified atom stereocenters. The van der Waals surface area contributed by atoms with E-state index in [2.05, 4.69) is 42.5 Å². The molecule has 0 spiro atoms. The first-order valence-corrected chi connectivity index (χ1v) is 30.9. The third-order valence-corrected chi connectivity index (χ3v) is 13.8. The van der Waals surface area contributed by atoms with E-state index in [4.69, 9.17) is 14.9 Å². The average molecular weight is 1350 g/mol. The zero-order valence-electron chi connectivity index (χ0n) is 53.7. The van der Waals surface area contributed by atoms with Crippen LogP contribution in [0, 0.1) is 0 Å². The molecule has 4 aliphatic rings. The van der Waals surface area contributed by atoms with Crippen LogP contribution in [-0.4, -0.2) is 230 Å². The highest BCUT2D eigenvalue weighted by Crippen LogP contribution is 2.13. The van der Waals surface area contributed by atoms with Crippen LogP contribution in [0.4, 0.5) is 0 Å². The molecule has 16 amide bonds. The number of nitrogens with zero attached hydrogens (tertiary/aromatic N) is 4. The van der Waals surface area contributed by atoms with Crippen LogP contribution < -0.4 is 42.5 Å². The molecule has 4 rings (SSSR count). The van der Waals surface area contributed by atoms with Crippen molar-refractivity contribution in [3.8, 4) is 0 Å². The van der Waals surface area contributed by atoms with Crippen LogP contribution in [-0.2, 0) is 101 Å². The minimum atomic E-state index is -1.73. The van der Waals surface area contributed by atoms with E-state index < -0.39 is 142 Å². The fourth-order valence-electron chi connectivity index (χ4n) is 9.11. The summed E-state index contributed by atoms with van der Waals surface area (Å²) in [5.74, 6) is -13.8. The maximum absolute atomic E-state index is 13.5. The maximum Gasteiger partial charge on any atom is 0.306 e. The number of ether oxygens (including phenoxy) is 1. The zero-order valence-corrected chi connectivity index (χ0v) is 53.7. The molecule has 0 saturated carbocycles. The number of aliphatic carboxylic acids is 2. The molecule has 35 heteroatoms. The van der Waals surface area contributed by atoms with Crippen molar-refractivity contribution in [1.82, 2.24) is 62.1 Å². The second-order valence-corrected chi connectivity index (χ2v) is 22.9. The van der Waals surface area contributed by atoms with Gasteiger partial charge in [0.15, 0.2) is 0 Å². The molecule has 35 nitrogen and oxygen atoms in total.